The summed E-state index contributed by atoms with van der Waals surface area (Å²) in [6.07, 6.45) is 1.14. The van der Waals surface area contributed by atoms with Crippen molar-refractivity contribution in [2.45, 2.75) is 19.8 Å². The fourth-order valence-corrected chi connectivity index (χ4v) is 3.75. The molecule has 0 unspecified atom stereocenters. The second-order valence-corrected chi connectivity index (χ2v) is 7.97. The lowest BCUT2D eigenvalue weighted by molar-refractivity contribution is -0.121. The number of nitrogens with one attached hydrogen (secondary N) is 1. The average molecular weight is 432 g/mol. The van der Waals surface area contributed by atoms with E-state index in [1.54, 1.807) is 4.90 Å². The number of halogens is 1. The summed E-state index contributed by atoms with van der Waals surface area (Å²) in [5.41, 5.74) is 2.21. The number of aryl methyl sites for hydroxylation is 1. The number of likely N-dealkylation sites (tertiary alicyclic amines) is 1. The summed E-state index contributed by atoms with van der Waals surface area (Å²) in [6.45, 7) is 2.97. The van der Waals surface area contributed by atoms with E-state index in [0.29, 0.717) is 48.7 Å². The van der Waals surface area contributed by atoms with Crippen LogP contribution < -0.4 is 10.1 Å². The maximum atomic E-state index is 13.1. The maximum Gasteiger partial charge on any atom is 0.253 e. The van der Waals surface area contributed by atoms with Crippen LogP contribution in [-0.4, -0.2) is 29.8 Å². The molecule has 1 heterocycles. The van der Waals surface area contributed by atoms with Crippen LogP contribution in [0, 0.1) is 18.7 Å². The van der Waals surface area contributed by atoms with Gasteiger partial charge in [0.05, 0.1) is 5.69 Å². The minimum Gasteiger partial charge on any atom is -0.455 e. The second-order valence-electron chi connectivity index (χ2n) is 7.97. The van der Waals surface area contributed by atoms with Crippen molar-refractivity contribution in [3.8, 4) is 11.5 Å². The highest BCUT2D eigenvalue weighted by atomic mass is 19.1. The lowest BCUT2D eigenvalue weighted by Crippen LogP contribution is -2.41. The first-order valence-electron chi connectivity index (χ1n) is 10.7. The fourth-order valence-electron chi connectivity index (χ4n) is 3.75. The van der Waals surface area contributed by atoms with E-state index < -0.39 is 0 Å². The van der Waals surface area contributed by atoms with Crippen LogP contribution in [0.25, 0.3) is 0 Å². The van der Waals surface area contributed by atoms with Crippen LogP contribution in [0.4, 0.5) is 10.1 Å². The van der Waals surface area contributed by atoms with Crippen LogP contribution in [0.15, 0.2) is 72.8 Å². The number of para-hydroxylation sites is 2. The minimum atomic E-state index is -0.372. The molecule has 1 N–H and O–H groups in total. The summed E-state index contributed by atoms with van der Waals surface area (Å²) < 4.78 is 19.1. The van der Waals surface area contributed by atoms with Crippen LogP contribution in [0.2, 0.25) is 0 Å². The molecule has 5 nitrogen and oxygen atoms in total. The van der Waals surface area contributed by atoms with Crippen molar-refractivity contribution in [3.63, 3.8) is 0 Å². The first-order valence-corrected chi connectivity index (χ1v) is 10.7. The smallest absolute Gasteiger partial charge is 0.253 e. The van der Waals surface area contributed by atoms with Crippen molar-refractivity contribution < 1.29 is 18.7 Å². The lowest BCUT2D eigenvalue weighted by Gasteiger charge is -2.31. The Morgan fingerprint density at radius 1 is 0.938 bits per heavy atom. The van der Waals surface area contributed by atoms with E-state index in [-0.39, 0.29) is 23.5 Å². The standard InChI is InChI=1S/C26H25FN2O3/c1-18-6-12-22(13-7-18)32-24-5-3-2-4-23(24)28-25(30)19-14-16-29(17-15-19)26(31)20-8-10-21(27)11-9-20/h2-13,19H,14-17H2,1H3,(H,28,30). The molecule has 1 saturated heterocycles. The molecule has 3 aromatic carbocycles. The normalized spacial score (nSPS) is 14.1. The van der Waals surface area contributed by atoms with Crippen LogP contribution in [0.3, 0.4) is 0 Å². The van der Waals surface area contributed by atoms with E-state index in [1.807, 2.05) is 55.5 Å². The zero-order valence-electron chi connectivity index (χ0n) is 17.9. The van der Waals surface area contributed by atoms with E-state index in [2.05, 4.69) is 5.32 Å². The monoisotopic (exact) mass is 432 g/mol. The van der Waals surface area contributed by atoms with Crippen LogP contribution in [-0.2, 0) is 4.79 Å². The molecular weight excluding hydrogens is 407 g/mol. The van der Waals surface area contributed by atoms with Gasteiger partial charge in [-0.2, -0.15) is 0 Å². The molecule has 0 saturated carbocycles. The third-order valence-corrected chi connectivity index (χ3v) is 5.64. The predicted octanol–water partition coefficient (Wildman–Crippen LogP) is 5.42. The maximum absolute atomic E-state index is 13.1. The molecule has 0 bridgehead atoms. The summed E-state index contributed by atoms with van der Waals surface area (Å²) in [5, 5.41) is 2.98. The Hall–Kier alpha value is -3.67. The molecule has 6 heteroatoms. The number of carbonyl (C=O) groups is 2. The number of amides is 2. The molecule has 0 aromatic heterocycles. The number of nitrogens with zero attached hydrogens (tertiary/aromatic N) is 1. The largest absolute Gasteiger partial charge is 0.455 e. The van der Waals surface area contributed by atoms with Crippen LogP contribution in [0.1, 0.15) is 28.8 Å². The Labute approximate surface area is 186 Å². The molecule has 3 aromatic rings. The molecule has 0 spiro atoms. The van der Waals surface area contributed by atoms with Crippen molar-refractivity contribution in [2.24, 2.45) is 5.92 Å². The zero-order chi connectivity index (χ0) is 22.5. The topological polar surface area (TPSA) is 58.6 Å². The molecule has 164 valence electrons. The summed E-state index contributed by atoms with van der Waals surface area (Å²) in [6, 6.07) is 20.6. The van der Waals surface area contributed by atoms with Gasteiger partial charge < -0.3 is 15.0 Å². The molecule has 1 aliphatic rings. The molecule has 2 amide bonds. The third kappa shape index (κ3) is 5.14. The number of hydrogen-bond donors (Lipinski definition) is 1. The Kier molecular flexibility index (Phi) is 6.50. The van der Waals surface area contributed by atoms with Gasteiger partial charge in [0, 0.05) is 24.6 Å². The van der Waals surface area contributed by atoms with E-state index in [1.165, 1.54) is 24.3 Å². The van der Waals surface area contributed by atoms with E-state index in [0.717, 1.165) is 5.56 Å². The second kappa shape index (κ2) is 9.64. The van der Waals surface area contributed by atoms with Gasteiger partial charge in [0.25, 0.3) is 5.91 Å². The first-order chi connectivity index (χ1) is 15.5. The molecule has 32 heavy (non-hydrogen) atoms. The summed E-state index contributed by atoms with van der Waals surface area (Å²) in [4.78, 5) is 27.2. The van der Waals surface area contributed by atoms with Crippen LogP contribution >= 0.6 is 0 Å². The number of rotatable bonds is 5. The van der Waals surface area contributed by atoms with Gasteiger partial charge in [-0.15, -0.1) is 0 Å². The van der Waals surface area contributed by atoms with E-state index >= 15 is 0 Å². The van der Waals surface area contributed by atoms with Crippen molar-refractivity contribution in [3.05, 3.63) is 89.7 Å². The van der Waals surface area contributed by atoms with Gasteiger partial charge in [-0.05, 0) is 68.3 Å². The predicted molar refractivity (Wildman–Crippen MR) is 121 cm³/mol. The van der Waals surface area contributed by atoms with Gasteiger partial charge in [0.15, 0.2) is 5.75 Å². The summed E-state index contributed by atoms with van der Waals surface area (Å²) in [7, 11) is 0. The summed E-state index contributed by atoms with van der Waals surface area (Å²) >= 11 is 0. The number of hydrogen-bond acceptors (Lipinski definition) is 3. The summed E-state index contributed by atoms with van der Waals surface area (Å²) in [5.74, 6) is 0.487. The Balaban J connectivity index is 1.36. The molecule has 1 fully saturated rings. The highest BCUT2D eigenvalue weighted by Gasteiger charge is 2.28. The van der Waals surface area contributed by atoms with Gasteiger partial charge >= 0.3 is 0 Å². The number of ether oxygens (including phenoxy) is 1. The van der Waals surface area contributed by atoms with Gasteiger partial charge in [-0.1, -0.05) is 29.8 Å². The molecule has 0 radical (unpaired) electrons. The Bertz CT molecular complexity index is 1090. The molecule has 4 rings (SSSR count). The van der Waals surface area contributed by atoms with Crippen molar-refractivity contribution in [1.29, 1.82) is 0 Å². The van der Waals surface area contributed by atoms with Gasteiger partial charge in [0.2, 0.25) is 5.91 Å². The fraction of sp³-hybridized carbons (Fsp3) is 0.231. The minimum absolute atomic E-state index is 0.0844. The van der Waals surface area contributed by atoms with E-state index in [9.17, 15) is 14.0 Å². The number of piperidine rings is 1. The van der Waals surface area contributed by atoms with Crippen molar-refractivity contribution in [1.82, 2.24) is 4.90 Å². The van der Waals surface area contributed by atoms with Crippen LogP contribution in [0.5, 0.6) is 11.5 Å². The van der Waals surface area contributed by atoms with Gasteiger partial charge in [0.1, 0.15) is 11.6 Å². The molecule has 1 aliphatic heterocycles. The average Bonchev–Trinajstić information content (AvgIpc) is 2.82. The Morgan fingerprint density at radius 2 is 1.59 bits per heavy atom. The zero-order valence-corrected chi connectivity index (χ0v) is 17.9. The Morgan fingerprint density at radius 3 is 2.28 bits per heavy atom. The lowest BCUT2D eigenvalue weighted by atomic mass is 9.95. The number of carbonyl (C=O) groups excluding carboxylic acids is 2. The van der Waals surface area contributed by atoms with E-state index in [4.69, 9.17) is 4.74 Å². The third-order valence-electron chi connectivity index (χ3n) is 5.64. The molecule has 0 atom stereocenters. The highest BCUT2D eigenvalue weighted by Crippen LogP contribution is 2.30. The highest BCUT2D eigenvalue weighted by molar-refractivity contribution is 5.96. The first kappa shape index (κ1) is 21.6. The number of benzene rings is 3. The van der Waals surface area contributed by atoms with Crippen molar-refractivity contribution in [2.75, 3.05) is 18.4 Å². The SMILES string of the molecule is Cc1ccc(Oc2ccccc2NC(=O)C2CCN(C(=O)c3ccc(F)cc3)CC2)cc1. The molecular formula is C26H25FN2O3. The molecule has 0 aliphatic carbocycles. The number of anilines is 1. The quantitative estimate of drug-likeness (QED) is 0.586. The van der Waals surface area contributed by atoms with Crippen molar-refractivity contribution >= 4 is 17.5 Å². The van der Waals surface area contributed by atoms with Gasteiger partial charge in [-0.25, -0.2) is 4.39 Å². The van der Waals surface area contributed by atoms with Gasteiger partial charge in [-0.3, -0.25) is 9.59 Å².